The number of hydrogen-bond donors (Lipinski definition) is 1. The molecule has 1 atom stereocenters. The highest BCUT2D eigenvalue weighted by Gasteiger charge is 2.25. The second-order valence-corrected chi connectivity index (χ2v) is 6.84. The molecule has 0 unspecified atom stereocenters. The van der Waals surface area contributed by atoms with E-state index in [9.17, 15) is 8.42 Å². The summed E-state index contributed by atoms with van der Waals surface area (Å²) in [6, 6.07) is 3.75. The van der Waals surface area contributed by atoms with E-state index in [4.69, 9.17) is 5.73 Å². The van der Waals surface area contributed by atoms with Gasteiger partial charge in [0, 0.05) is 44.0 Å². The number of hydrogen-bond acceptors (Lipinski definition) is 5. The number of rotatable bonds is 3. The summed E-state index contributed by atoms with van der Waals surface area (Å²) in [6.45, 7) is 4.20. The molecule has 2 N–H and O–H groups in total. The minimum absolute atomic E-state index is 0.0864. The van der Waals surface area contributed by atoms with Crippen LogP contribution in [0.4, 0.5) is 5.82 Å². The van der Waals surface area contributed by atoms with Crippen molar-refractivity contribution in [2.75, 3.05) is 37.3 Å². The van der Waals surface area contributed by atoms with Crippen LogP contribution in [0.2, 0.25) is 0 Å². The molecular formula is C12H20N4O2S. The van der Waals surface area contributed by atoms with Crippen molar-refractivity contribution in [1.82, 2.24) is 9.29 Å². The van der Waals surface area contributed by atoms with Gasteiger partial charge < -0.3 is 10.6 Å². The summed E-state index contributed by atoms with van der Waals surface area (Å²) >= 11 is 0. The van der Waals surface area contributed by atoms with Crippen molar-refractivity contribution in [3.05, 3.63) is 23.9 Å². The fourth-order valence-electron chi connectivity index (χ4n) is 2.26. The Morgan fingerprint density at radius 3 is 2.47 bits per heavy atom. The quantitative estimate of drug-likeness (QED) is 0.856. The lowest BCUT2D eigenvalue weighted by atomic mass is 10.1. The first-order valence-electron chi connectivity index (χ1n) is 6.30. The van der Waals surface area contributed by atoms with Crippen LogP contribution in [0.5, 0.6) is 0 Å². The molecule has 1 aromatic heterocycles. The Balaban J connectivity index is 2.14. The molecule has 2 rings (SSSR count). The molecule has 6 nitrogen and oxygen atoms in total. The van der Waals surface area contributed by atoms with Crippen molar-refractivity contribution in [1.29, 1.82) is 0 Å². The van der Waals surface area contributed by atoms with Gasteiger partial charge in [-0.1, -0.05) is 6.07 Å². The lowest BCUT2D eigenvalue weighted by Gasteiger charge is -2.35. The first-order chi connectivity index (χ1) is 8.89. The Labute approximate surface area is 114 Å². The maximum atomic E-state index is 11.5. The van der Waals surface area contributed by atoms with Crippen LogP contribution in [0.1, 0.15) is 18.5 Å². The van der Waals surface area contributed by atoms with Crippen LogP contribution >= 0.6 is 0 Å². The Morgan fingerprint density at radius 2 is 1.95 bits per heavy atom. The predicted octanol–water partition coefficient (Wildman–Crippen LogP) is 0.183. The molecule has 19 heavy (non-hydrogen) atoms. The largest absolute Gasteiger partial charge is 0.354 e. The number of sulfonamides is 1. The highest BCUT2D eigenvalue weighted by molar-refractivity contribution is 7.88. The van der Waals surface area contributed by atoms with Gasteiger partial charge in [0.2, 0.25) is 10.0 Å². The second-order valence-electron chi connectivity index (χ2n) is 4.85. The normalized spacial score (nSPS) is 19.4. The Bertz CT molecular complexity index is 536. The second kappa shape index (κ2) is 5.44. The minimum Gasteiger partial charge on any atom is -0.354 e. The molecule has 0 aromatic carbocycles. The smallest absolute Gasteiger partial charge is 0.211 e. The van der Waals surface area contributed by atoms with Crippen LogP contribution in [0.15, 0.2) is 18.3 Å². The summed E-state index contributed by atoms with van der Waals surface area (Å²) in [6.07, 6.45) is 2.99. The summed E-state index contributed by atoms with van der Waals surface area (Å²) in [5.41, 5.74) is 6.94. The Kier molecular flexibility index (Phi) is 4.07. The van der Waals surface area contributed by atoms with Crippen LogP contribution in [0.3, 0.4) is 0 Å². The summed E-state index contributed by atoms with van der Waals surface area (Å²) in [4.78, 5) is 6.49. The molecule has 0 aliphatic carbocycles. The van der Waals surface area contributed by atoms with Gasteiger partial charge in [0.05, 0.1) is 6.26 Å². The zero-order chi connectivity index (χ0) is 14.0. The zero-order valence-electron chi connectivity index (χ0n) is 11.3. The molecule has 7 heteroatoms. The monoisotopic (exact) mass is 284 g/mol. The van der Waals surface area contributed by atoms with Gasteiger partial charge in [-0.2, -0.15) is 4.31 Å². The van der Waals surface area contributed by atoms with Crippen molar-refractivity contribution in [3.8, 4) is 0 Å². The Morgan fingerprint density at radius 1 is 1.32 bits per heavy atom. The van der Waals surface area contributed by atoms with Gasteiger partial charge in [0.1, 0.15) is 5.82 Å². The van der Waals surface area contributed by atoms with E-state index in [2.05, 4.69) is 9.88 Å². The van der Waals surface area contributed by atoms with Gasteiger partial charge in [-0.3, -0.25) is 0 Å². The van der Waals surface area contributed by atoms with Gasteiger partial charge in [-0.05, 0) is 13.0 Å². The summed E-state index contributed by atoms with van der Waals surface area (Å²) in [5.74, 6) is 0.866. The van der Waals surface area contributed by atoms with E-state index in [1.54, 1.807) is 6.20 Å². The van der Waals surface area contributed by atoms with Crippen LogP contribution in [-0.2, 0) is 10.0 Å². The first-order valence-corrected chi connectivity index (χ1v) is 8.15. The SMILES string of the molecule is C[C@H](N)c1cccnc1N1CCN(S(C)(=O)=O)CC1. The lowest BCUT2D eigenvalue weighted by Crippen LogP contribution is -2.49. The lowest BCUT2D eigenvalue weighted by molar-refractivity contribution is 0.386. The predicted molar refractivity (Wildman–Crippen MR) is 75.5 cm³/mol. The summed E-state index contributed by atoms with van der Waals surface area (Å²) in [7, 11) is -3.10. The maximum Gasteiger partial charge on any atom is 0.211 e. The molecule has 0 saturated carbocycles. The molecule has 0 spiro atoms. The molecule has 0 amide bonds. The highest BCUT2D eigenvalue weighted by atomic mass is 32.2. The number of nitrogens with two attached hydrogens (primary N) is 1. The molecule has 2 heterocycles. The van der Waals surface area contributed by atoms with Crippen molar-refractivity contribution < 1.29 is 8.42 Å². The molecule has 1 aliphatic rings. The molecule has 1 aliphatic heterocycles. The fraction of sp³-hybridized carbons (Fsp3) is 0.583. The van der Waals surface area contributed by atoms with E-state index in [-0.39, 0.29) is 6.04 Å². The average Bonchev–Trinajstić information content (AvgIpc) is 2.38. The third kappa shape index (κ3) is 3.23. The molecule has 0 bridgehead atoms. The van der Waals surface area contributed by atoms with Crippen molar-refractivity contribution in [2.24, 2.45) is 5.73 Å². The number of nitrogens with zero attached hydrogens (tertiary/aromatic N) is 3. The van der Waals surface area contributed by atoms with Crippen molar-refractivity contribution in [2.45, 2.75) is 13.0 Å². The molecule has 1 saturated heterocycles. The third-order valence-electron chi connectivity index (χ3n) is 3.31. The summed E-state index contributed by atoms with van der Waals surface area (Å²) in [5, 5.41) is 0. The van der Waals surface area contributed by atoms with E-state index in [0.717, 1.165) is 11.4 Å². The Hall–Kier alpha value is -1.18. The maximum absolute atomic E-state index is 11.5. The van der Waals surface area contributed by atoms with Gasteiger partial charge >= 0.3 is 0 Å². The van der Waals surface area contributed by atoms with Gasteiger partial charge in [0.15, 0.2) is 0 Å². The van der Waals surface area contributed by atoms with Crippen LogP contribution < -0.4 is 10.6 Å². The highest BCUT2D eigenvalue weighted by Crippen LogP contribution is 2.23. The fourth-order valence-corrected chi connectivity index (χ4v) is 3.09. The van der Waals surface area contributed by atoms with E-state index >= 15 is 0 Å². The standard InChI is InChI=1S/C12H20N4O2S/c1-10(13)11-4-3-5-14-12(11)15-6-8-16(9-7-15)19(2,17)18/h3-5,10H,6-9,13H2,1-2H3/t10-/m0/s1. The minimum atomic E-state index is -3.10. The van der Waals surface area contributed by atoms with Crippen molar-refractivity contribution in [3.63, 3.8) is 0 Å². The first kappa shape index (κ1) is 14.2. The van der Waals surface area contributed by atoms with Crippen molar-refractivity contribution >= 4 is 15.8 Å². The number of aromatic nitrogens is 1. The molecule has 0 radical (unpaired) electrons. The average molecular weight is 284 g/mol. The van der Waals surface area contributed by atoms with Gasteiger partial charge in [-0.15, -0.1) is 0 Å². The van der Waals surface area contributed by atoms with Crippen LogP contribution in [0, 0.1) is 0 Å². The van der Waals surface area contributed by atoms with Crippen LogP contribution in [-0.4, -0.2) is 50.1 Å². The van der Waals surface area contributed by atoms with E-state index < -0.39 is 10.0 Å². The molecular weight excluding hydrogens is 264 g/mol. The van der Waals surface area contributed by atoms with Gasteiger partial charge in [-0.25, -0.2) is 13.4 Å². The summed E-state index contributed by atoms with van der Waals surface area (Å²) < 4.78 is 24.5. The molecule has 106 valence electrons. The topological polar surface area (TPSA) is 79.5 Å². The van der Waals surface area contributed by atoms with E-state index in [1.165, 1.54) is 10.6 Å². The zero-order valence-corrected chi connectivity index (χ0v) is 12.1. The van der Waals surface area contributed by atoms with Gasteiger partial charge in [0.25, 0.3) is 0 Å². The molecule has 1 aromatic rings. The third-order valence-corrected chi connectivity index (χ3v) is 4.62. The van der Waals surface area contributed by atoms with E-state index in [0.29, 0.717) is 26.2 Å². The van der Waals surface area contributed by atoms with E-state index in [1.807, 2.05) is 19.1 Å². The van der Waals surface area contributed by atoms with Crippen LogP contribution in [0.25, 0.3) is 0 Å². The molecule has 1 fully saturated rings. The number of anilines is 1. The number of pyridine rings is 1. The number of piperazine rings is 1.